The molecule has 0 heterocycles. The van der Waals surface area contributed by atoms with E-state index in [1.165, 1.54) is 18.3 Å². The van der Waals surface area contributed by atoms with Crippen LogP contribution in [0.5, 0.6) is 11.5 Å². The lowest BCUT2D eigenvalue weighted by Crippen LogP contribution is -2.24. The van der Waals surface area contributed by atoms with E-state index >= 15 is 0 Å². The summed E-state index contributed by atoms with van der Waals surface area (Å²) in [6.07, 6.45) is 1.25. The van der Waals surface area contributed by atoms with E-state index in [9.17, 15) is 9.90 Å². The number of aromatic hydroxyl groups is 1. The van der Waals surface area contributed by atoms with Gasteiger partial charge in [-0.1, -0.05) is 29.3 Å². The lowest BCUT2D eigenvalue weighted by atomic mass is 10.1. The summed E-state index contributed by atoms with van der Waals surface area (Å²) < 4.78 is 6.30. The van der Waals surface area contributed by atoms with Crippen molar-refractivity contribution in [2.75, 3.05) is 6.61 Å². The maximum absolute atomic E-state index is 11.8. The quantitative estimate of drug-likeness (QED) is 0.521. The Balaban J connectivity index is 1.96. The molecular formula is C17H15BrCl2N2O3. The lowest BCUT2D eigenvalue weighted by Gasteiger charge is -2.11. The average molecular weight is 446 g/mol. The zero-order valence-corrected chi connectivity index (χ0v) is 16.5. The number of hydrazone groups is 1. The fourth-order valence-electron chi connectivity index (χ4n) is 2.11. The number of hydrogen-bond donors (Lipinski definition) is 2. The highest BCUT2D eigenvalue weighted by Gasteiger charge is 2.09. The van der Waals surface area contributed by atoms with E-state index < -0.39 is 5.91 Å². The maximum atomic E-state index is 11.8. The summed E-state index contributed by atoms with van der Waals surface area (Å²) in [5, 5.41) is 14.0. The fraction of sp³-hybridized carbons (Fsp3) is 0.176. The number of benzene rings is 2. The highest BCUT2D eigenvalue weighted by Crippen LogP contribution is 2.30. The van der Waals surface area contributed by atoms with Gasteiger partial charge in [0.15, 0.2) is 6.61 Å². The van der Waals surface area contributed by atoms with Crippen molar-refractivity contribution in [3.05, 3.63) is 55.5 Å². The van der Waals surface area contributed by atoms with Crippen LogP contribution in [0.2, 0.25) is 10.0 Å². The second-order valence-electron chi connectivity index (χ2n) is 5.30. The topological polar surface area (TPSA) is 70.9 Å². The average Bonchev–Trinajstić information content (AvgIpc) is 2.50. The van der Waals surface area contributed by atoms with Crippen LogP contribution < -0.4 is 10.2 Å². The molecule has 2 rings (SSSR count). The number of amides is 1. The number of nitrogens with one attached hydrogen (secondary N) is 1. The second-order valence-corrected chi connectivity index (χ2v) is 7.00. The minimum absolute atomic E-state index is 0.100. The SMILES string of the molecule is Cc1cc(C)c(OCC(=O)NN=Cc2cc(Cl)cc(Cl)c2O)c(Br)c1. The standard InChI is InChI=1S/C17H15BrCl2N2O3/c1-9-3-10(2)17(13(18)4-9)25-8-15(23)22-21-7-11-5-12(19)6-14(20)16(11)24/h3-7,24H,8H2,1-2H3,(H,22,23). The summed E-state index contributed by atoms with van der Waals surface area (Å²) in [5.41, 5.74) is 4.61. The highest BCUT2D eigenvalue weighted by molar-refractivity contribution is 9.10. The van der Waals surface area contributed by atoms with Crippen molar-refractivity contribution < 1.29 is 14.6 Å². The monoisotopic (exact) mass is 444 g/mol. The lowest BCUT2D eigenvalue weighted by molar-refractivity contribution is -0.123. The van der Waals surface area contributed by atoms with Crippen LogP contribution in [0.15, 0.2) is 33.8 Å². The molecular weight excluding hydrogens is 431 g/mol. The molecule has 0 atom stereocenters. The smallest absolute Gasteiger partial charge is 0.277 e. The summed E-state index contributed by atoms with van der Waals surface area (Å²) in [7, 11) is 0. The van der Waals surface area contributed by atoms with Gasteiger partial charge < -0.3 is 9.84 Å². The molecule has 132 valence electrons. The number of hydrogen-bond acceptors (Lipinski definition) is 4. The first-order chi connectivity index (χ1) is 11.8. The largest absolute Gasteiger partial charge is 0.506 e. The van der Waals surface area contributed by atoms with Crippen molar-refractivity contribution in [2.45, 2.75) is 13.8 Å². The Labute approximate surface area is 163 Å². The molecule has 2 aromatic carbocycles. The van der Waals surface area contributed by atoms with Gasteiger partial charge in [0.1, 0.15) is 11.5 Å². The van der Waals surface area contributed by atoms with Crippen molar-refractivity contribution in [1.29, 1.82) is 0 Å². The Bertz CT molecular complexity index is 818. The predicted octanol–water partition coefficient (Wildman–Crippen LogP) is 4.61. The molecule has 0 unspecified atom stereocenters. The Morgan fingerprint density at radius 2 is 2.04 bits per heavy atom. The summed E-state index contributed by atoms with van der Waals surface area (Å²) in [4.78, 5) is 11.8. The number of phenols is 1. The molecule has 5 nitrogen and oxygen atoms in total. The fourth-order valence-corrected chi connectivity index (χ4v) is 3.41. The molecule has 0 fully saturated rings. The van der Waals surface area contributed by atoms with E-state index in [1.54, 1.807) is 0 Å². The van der Waals surface area contributed by atoms with Crippen molar-refractivity contribution >= 4 is 51.3 Å². The van der Waals surface area contributed by atoms with Crippen LogP contribution in [0.3, 0.4) is 0 Å². The van der Waals surface area contributed by atoms with Crippen LogP contribution in [-0.4, -0.2) is 23.8 Å². The van der Waals surface area contributed by atoms with E-state index in [4.69, 9.17) is 27.9 Å². The highest BCUT2D eigenvalue weighted by atomic mass is 79.9. The van der Waals surface area contributed by atoms with Crippen LogP contribution in [0, 0.1) is 13.8 Å². The number of aryl methyl sites for hydroxylation is 2. The van der Waals surface area contributed by atoms with Crippen LogP contribution in [0.25, 0.3) is 0 Å². The van der Waals surface area contributed by atoms with Gasteiger partial charge in [-0.3, -0.25) is 4.79 Å². The predicted molar refractivity (Wildman–Crippen MR) is 103 cm³/mol. The van der Waals surface area contributed by atoms with Gasteiger partial charge in [0.2, 0.25) is 0 Å². The molecule has 0 aliphatic heterocycles. The molecule has 0 spiro atoms. The third-order valence-electron chi connectivity index (χ3n) is 3.17. The van der Waals surface area contributed by atoms with Crippen molar-refractivity contribution in [1.82, 2.24) is 5.43 Å². The minimum atomic E-state index is -0.448. The molecule has 1 amide bonds. The van der Waals surface area contributed by atoms with Crippen molar-refractivity contribution in [2.24, 2.45) is 5.10 Å². The van der Waals surface area contributed by atoms with Gasteiger partial charge >= 0.3 is 0 Å². The Hall–Kier alpha value is -1.76. The van der Waals surface area contributed by atoms with E-state index in [1.807, 2.05) is 26.0 Å². The number of rotatable bonds is 5. The number of halogens is 3. The molecule has 8 heteroatoms. The zero-order valence-electron chi connectivity index (χ0n) is 13.4. The van der Waals surface area contributed by atoms with E-state index in [2.05, 4.69) is 26.5 Å². The summed E-state index contributed by atoms with van der Waals surface area (Å²) >= 11 is 15.1. The first-order valence-electron chi connectivity index (χ1n) is 7.17. The van der Waals surface area contributed by atoms with Crippen LogP contribution in [0.1, 0.15) is 16.7 Å². The van der Waals surface area contributed by atoms with E-state index in [0.29, 0.717) is 10.8 Å². The number of phenolic OH excluding ortho intramolecular Hbond substituents is 1. The zero-order chi connectivity index (χ0) is 18.6. The molecule has 2 aromatic rings. The van der Waals surface area contributed by atoms with Gasteiger partial charge in [0.25, 0.3) is 5.91 Å². The third-order valence-corrected chi connectivity index (χ3v) is 4.27. The normalized spacial score (nSPS) is 10.9. The minimum Gasteiger partial charge on any atom is -0.506 e. The van der Waals surface area contributed by atoms with Crippen LogP contribution in [0.4, 0.5) is 0 Å². The summed E-state index contributed by atoms with van der Waals surface area (Å²) in [5.74, 6) is -0.0146. The van der Waals surface area contributed by atoms with Gasteiger partial charge in [0.05, 0.1) is 15.7 Å². The number of ether oxygens (including phenoxy) is 1. The van der Waals surface area contributed by atoms with Gasteiger partial charge in [-0.2, -0.15) is 5.10 Å². The molecule has 0 saturated carbocycles. The first-order valence-corrected chi connectivity index (χ1v) is 8.72. The molecule has 25 heavy (non-hydrogen) atoms. The van der Waals surface area contributed by atoms with Gasteiger partial charge in [-0.15, -0.1) is 0 Å². The summed E-state index contributed by atoms with van der Waals surface area (Å²) in [6, 6.07) is 6.75. The van der Waals surface area contributed by atoms with E-state index in [0.717, 1.165) is 15.6 Å². The second kappa shape index (κ2) is 8.56. The van der Waals surface area contributed by atoms with Crippen molar-refractivity contribution in [3.8, 4) is 11.5 Å². The van der Waals surface area contributed by atoms with Gasteiger partial charge in [-0.05, 0) is 59.1 Å². The van der Waals surface area contributed by atoms with Crippen LogP contribution >= 0.6 is 39.1 Å². The molecule has 0 aliphatic carbocycles. The van der Waals surface area contributed by atoms with Gasteiger partial charge in [0, 0.05) is 10.6 Å². The molecule has 0 bridgehead atoms. The number of carbonyl (C=O) groups excluding carboxylic acids is 1. The van der Waals surface area contributed by atoms with Crippen LogP contribution in [-0.2, 0) is 4.79 Å². The third kappa shape index (κ3) is 5.36. The van der Waals surface area contributed by atoms with E-state index in [-0.39, 0.29) is 22.9 Å². The molecule has 0 saturated heterocycles. The summed E-state index contributed by atoms with van der Waals surface area (Å²) in [6.45, 7) is 3.66. The maximum Gasteiger partial charge on any atom is 0.277 e. The number of carbonyl (C=O) groups is 1. The Morgan fingerprint density at radius 1 is 1.32 bits per heavy atom. The molecule has 0 radical (unpaired) electrons. The van der Waals surface area contributed by atoms with Crippen molar-refractivity contribution in [3.63, 3.8) is 0 Å². The molecule has 0 aliphatic rings. The Morgan fingerprint density at radius 3 is 2.72 bits per heavy atom. The first kappa shape index (κ1) is 19.6. The molecule has 0 aromatic heterocycles. The number of nitrogens with zero attached hydrogens (tertiary/aromatic N) is 1. The Kier molecular flexibility index (Phi) is 6.70. The molecule has 2 N–H and O–H groups in total. The van der Waals surface area contributed by atoms with Gasteiger partial charge in [-0.25, -0.2) is 5.43 Å².